The molecule has 0 aliphatic carbocycles. The minimum atomic E-state index is -0.146. The highest BCUT2D eigenvalue weighted by Gasteiger charge is 2.24. The fourth-order valence-corrected chi connectivity index (χ4v) is 4.51. The maximum atomic E-state index is 12.7. The van der Waals surface area contributed by atoms with E-state index < -0.39 is 0 Å². The Morgan fingerprint density at radius 1 is 1.16 bits per heavy atom. The van der Waals surface area contributed by atoms with Crippen LogP contribution in [0.1, 0.15) is 25.3 Å². The van der Waals surface area contributed by atoms with Crippen molar-refractivity contribution in [2.75, 3.05) is 22.5 Å². The molecule has 0 saturated carbocycles. The third-order valence-electron chi connectivity index (χ3n) is 5.18. The van der Waals surface area contributed by atoms with Gasteiger partial charge < -0.3 is 14.8 Å². The second kappa shape index (κ2) is 9.34. The van der Waals surface area contributed by atoms with Crippen LogP contribution in [0, 0.1) is 6.92 Å². The van der Waals surface area contributed by atoms with Gasteiger partial charge in [0, 0.05) is 25.1 Å². The van der Waals surface area contributed by atoms with Crippen LogP contribution >= 0.6 is 11.8 Å². The molecule has 0 atom stereocenters. The quantitative estimate of drug-likeness (QED) is 0.565. The van der Waals surface area contributed by atoms with E-state index >= 15 is 0 Å². The van der Waals surface area contributed by atoms with Gasteiger partial charge >= 0.3 is 0 Å². The molecule has 1 aromatic heterocycles. The average molecular weight is 436 g/mol. The van der Waals surface area contributed by atoms with Gasteiger partial charge in [-0.15, -0.1) is 10.2 Å². The summed E-state index contributed by atoms with van der Waals surface area (Å²) in [5.41, 5.74) is 3.57. The normalized spacial score (nSPS) is 13.6. The van der Waals surface area contributed by atoms with Crippen molar-refractivity contribution in [2.45, 2.75) is 38.4 Å². The fourth-order valence-electron chi connectivity index (χ4n) is 3.71. The Hall–Kier alpha value is -3.13. The summed E-state index contributed by atoms with van der Waals surface area (Å²) in [6.45, 7) is 5.47. The van der Waals surface area contributed by atoms with E-state index in [0.717, 1.165) is 29.1 Å². The number of nitrogens with zero attached hydrogens (tertiary/aromatic N) is 4. The topological polar surface area (TPSA) is 80.1 Å². The number of hydrogen-bond donors (Lipinski definition) is 1. The van der Waals surface area contributed by atoms with E-state index in [1.807, 2.05) is 60.9 Å². The molecule has 31 heavy (non-hydrogen) atoms. The first-order chi connectivity index (χ1) is 15.1. The van der Waals surface area contributed by atoms with Crippen LogP contribution < -0.4 is 10.2 Å². The highest BCUT2D eigenvalue weighted by molar-refractivity contribution is 7.99. The van der Waals surface area contributed by atoms with Crippen molar-refractivity contribution in [1.82, 2.24) is 14.8 Å². The number of aromatic nitrogens is 3. The summed E-state index contributed by atoms with van der Waals surface area (Å²) in [6, 6.07) is 15.6. The molecule has 160 valence electrons. The lowest BCUT2D eigenvalue weighted by atomic mass is 10.1. The highest BCUT2D eigenvalue weighted by atomic mass is 32.2. The summed E-state index contributed by atoms with van der Waals surface area (Å²) in [6.07, 6.45) is 1.39. The molecule has 0 radical (unpaired) electrons. The molecule has 3 aromatic rings. The summed E-state index contributed by atoms with van der Waals surface area (Å²) >= 11 is 1.35. The van der Waals surface area contributed by atoms with Crippen molar-refractivity contribution in [2.24, 2.45) is 0 Å². The number of carbonyl (C=O) groups excluding carboxylic acids is 2. The molecule has 7 nitrogen and oxygen atoms in total. The number of thioether (sulfide) groups is 1. The van der Waals surface area contributed by atoms with E-state index in [4.69, 9.17) is 0 Å². The molecular weight excluding hydrogens is 410 g/mol. The molecule has 1 aliphatic heterocycles. The van der Waals surface area contributed by atoms with Crippen molar-refractivity contribution in [3.63, 3.8) is 0 Å². The molecule has 2 heterocycles. The maximum Gasteiger partial charge on any atom is 0.234 e. The Morgan fingerprint density at radius 3 is 2.74 bits per heavy atom. The second-order valence-corrected chi connectivity index (χ2v) is 8.37. The third kappa shape index (κ3) is 4.64. The number of carbonyl (C=O) groups is 2. The smallest absolute Gasteiger partial charge is 0.234 e. The molecule has 1 N–H and O–H groups in total. The third-order valence-corrected chi connectivity index (χ3v) is 6.15. The lowest BCUT2D eigenvalue weighted by Crippen LogP contribution is -2.26. The van der Waals surface area contributed by atoms with Gasteiger partial charge in [0.2, 0.25) is 11.8 Å². The average Bonchev–Trinajstić information content (AvgIpc) is 3.38. The standard InChI is InChI=1S/C23H25N5O2S/c1-3-27-22(17-9-6-8-16(2)14-17)25-26-23(27)31-15-20(29)24-18-10-4-5-11-19(18)28-13-7-12-21(28)30/h4-6,8-11,14H,3,7,12-13,15H2,1-2H3,(H,24,29). The van der Waals surface area contributed by atoms with Crippen LogP contribution in [0.2, 0.25) is 0 Å². The molecule has 4 rings (SSSR count). The highest BCUT2D eigenvalue weighted by Crippen LogP contribution is 2.30. The van der Waals surface area contributed by atoms with E-state index in [1.165, 1.54) is 11.8 Å². The van der Waals surface area contributed by atoms with Gasteiger partial charge in [0.1, 0.15) is 0 Å². The zero-order valence-electron chi connectivity index (χ0n) is 17.7. The predicted octanol–water partition coefficient (Wildman–Crippen LogP) is 4.13. The first-order valence-electron chi connectivity index (χ1n) is 10.4. The van der Waals surface area contributed by atoms with E-state index in [2.05, 4.69) is 21.6 Å². The molecule has 0 spiro atoms. The van der Waals surface area contributed by atoms with Crippen LogP contribution in [-0.4, -0.2) is 38.9 Å². The van der Waals surface area contributed by atoms with Crippen LogP contribution in [0.4, 0.5) is 11.4 Å². The zero-order valence-corrected chi connectivity index (χ0v) is 18.5. The van der Waals surface area contributed by atoms with Crippen LogP contribution in [0.3, 0.4) is 0 Å². The number of aryl methyl sites for hydroxylation is 1. The largest absolute Gasteiger partial charge is 0.324 e. The van der Waals surface area contributed by atoms with E-state index in [0.29, 0.717) is 30.4 Å². The number of nitrogens with one attached hydrogen (secondary N) is 1. The molecule has 2 amide bonds. The first-order valence-corrected chi connectivity index (χ1v) is 11.4. The fraction of sp³-hybridized carbons (Fsp3) is 0.304. The number of rotatable bonds is 7. The SMILES string of the molecule is CCn1c(SCC(=O)Nc2ccccc2N2CCCC2=O)nnc1-c1cccc(C)c1. The van der Waals surface area contributed by atoms with Gasteiger partial charge in [-0.2, -0.15) is 0 Å². The molecule has 1 fully saturated rings. The maximum absolute atomic E-state index is 12.7. The van der Waals surface area contributed by atoms with Gasteiger partial charge in [0.05, 0.1) is 17.1 Å². The van der Waals surface area contributed by atoms with Crippen molar-refractivity contribution in [1.29, 1.82) is 0 Å². The predicted molar refractivity (Wildman–Crippen MR) is 123 cm³/mol. The second-order valence-electron chi connectivity index (χ2n) is 7.42. The molecule has 8 heteroatoms. The summed E-state index contributed by atoms with van der Waals surface area (Å²) < 4.78 is 2.02. The Balaban J connectivity index is 1.45. The molecular formula is C23H25N5O2S. The van der Waals surface area contributed by atoms with Crippen LogP contribution in [0.15, 0.2) is 53.7 Å². The Morgan fingerprint density at radius 2 is 2.00 bits per heavy atom. The van der Waals surface area contributed by atoms with Crippen molar-refractivity contribution in [3.8, 4) is 11.4 Å². The molecule has 1 aliphatic rings. The molecule has 2 aromatic carbocycles. The summed E-state index contributed by atoms with van der Waals surface area (Å²) in [5, 5.41) is 12.3. The Kier molecular flexibility index (Phi) is 6.36. The number of amides is 2. The lowest BCUT2D eigenvalue weighted by molar-refractivity contribution is -0.117. The minimum absolute atomic E-state index is 0.0933. The van der Waals surface area contributed by atoms with Crippen LogP contribution in [0.5, 0.6) is 0 Å². The van der Waals surface area contributed by atoms with Gasteiger partial charge in [-0.25, -0.2) is 0 Å². The summed E-state index contributed by atoms with van der Waals surface area (Å²) in [4.78, 5) is 26.5. The van der Waals surface area contributed by atoms with Gasteiger partial charge in [0.25, 0.3) is 0 Å². The lowest BCUT2D eigenvalue weighted by Gasteiger charge is -2.19. The summed E-state index contributed by atoms with van der Waals surface area (Å²) in [5.74, 6) is 0.948. The Labute approximate surface area is 185 Å². The number of benzene rings is 2. The van der Waals surface area contributed by atoms with Gasteiger partial charge in [-0.05, 0) is 38.5 Å². The minimum Gasteiger partial charge on any atom is -0.324 e. The molecule has 0 bridgehead atoms. The number of hydrogen-bond acceptors (Lipinski definition) is 5. The van der Waals surface area contributed by atoms with Crippen molar-refractivity contribution < 1.29 is 9.59 Å². The van der Waals surface area contributed by atoms with Gasteiger partial charge in [0.15, 0.2) is 11.0 Å². The van der Waals surface area contributed by atoms with Gasteiger partial charge in [-0.3, -0.25) is 9.59 Å². The number of para-hydroxylation sites is 2. The number of anilines is 2. The zero-order chi connectivity index (χ0) is 21.8. The van der Waals surface area contributed by atoms with Crippen molar-refractivity contribution in [3.05, 3.63) is 54.1 Å². The first kappa shape index (κ1) is 21.1. The summed E-state index contributed by atoms with van der Waals surface area (Å²) in [7, 11) is 0. The molecule has 1 saturated heterocycles. The van der Waals surface area contributed by atoms with Gasteiger partial charge in [-0.1, -0.05) is 47.7 Å². The molecule has 0 unspecified atom stereocenters. The van der Waals surface area contributed by atoms with E-state index in [9.17, 15) is 9.59 Å². The van der Waals surface area contributed by atoms with Crippen LogP contribution in [-0.2, 0) is 16.1 Å². The Bertz CT molecular complexity index is 1110. The van der Waals surface area contributed by atoms with E-state index in [-0.39, 0.29) is 17.6 Å². The van der Waals surface area contributed by atoms with Crippen molar-refractivity contribution >= 4 is 35.0 Å². The van der Waals surface area contributed by atoms with E-state index in [1.54, 1.807) is 4.90 Å². The van der Waals surface area contributed by atoms with Crippen LogP contribution in [0.25, 0.3) is 11.4 Å². The monoisotopic (exact) mass is 435 g/mol.